The molecule has 2 aromatic heterocycles. The van der Waals surface area contributed by atoms with Gasteiger partial charge in [0.1, 0.15) is 11.6 Å². The van der Waals surface area contributed by atoms with Crippen molar-refractivity contribution in [1.82, 2.24) is 19.7 Å². The molecule has 7 heteroatoms. The first kappa shape index (κ1) is 12.1. The number of hydrogen-bond acceptors (Lipinski definition) is 6. The average molecular weight is 253 g/mol. The van der Waals surface area contributed by atoms with Crippen LogP contribution in [0.4, 0.5) is 5.82 Å². The van der Waals surface area contributed by atoms with E-state index in [1.807, 2.05) is 7.05 Å². The van der Waals surface area contributed by atoms with E-state index in [-0.39, 0.29) is 6.61 Å². The summed E-state index contributed by atoms with van der Waals surface area (Å²) in [5, 5.41) is 13.6. The maximum atomic E-state index is 8.68. The third-order valence-corrected chi connectivity index (χ3v) is 3.39. The highest BCUT2D eigenvalue weighted by molar-refractivity contribution is 7.98. The zero-order valence-electron chi connectivity index (χ0n) is 9.63. The Hall–Kier alpha value is -1.34. The number of aromatic nitrogens is 4. The molecule has 0 radical (unpaired) electrons. The second-order valence-electron chi connectivity index (χ2n) is 3.66. The molecule has 6 nitrogen and oxygen atoms in total. The van der Waals surface area contributed by atoms with E-state index in [1.54, 1.807) is 22.6 Å². The fourth-order valence-electron chi connectivity index (χ4n) is 1.49. The van der Waals surface area contributed by atoms with E-state index in [1.165, 1.54) is 0 Å². The van der Waals surface area contributed by atoms with Gasteiger partial charge in [-0.3, -0.25) is 4.68 Å². The number of nitrogens with zero attached hydrogens (tertiary/aromatic N) is 4. The molecule has 0 saturated carbocycles. The van der Waals surface area contributed by atoms with Crippen molar-refractivity contribution in [3.63, 3.8) is 0 Å². The standard InChI is InChI=1S/C10H15N5OS/c1-15-10-7(5-12-15)9(11)13-8(14-10)6-17-4-2-3-16/h5,16H,2-4,6H2,1H3,(H2,11,13,14). The van der Waals surface area contributed by atoms with Crippen molar-refractivity contribution in [2.45, 2.75) is 12.2 Å². The smallest absolute Gasteiger partial charge is 0.163 e. The lowest BCUT2D eigenvalue weighted by molar-refractivity contribution is 0.296. The van der Waals surface area contributed by atoms with Crippen LogP contribution in [-0.2, 0) is 12.8 Å². The Morgan fingerprint density at radius 2 is 2.29 bits per heavy atom. The number of hydrogen-bond donors (Lipinski definition) is 2. The van der Waals surface area contributed by atoms with Crippen molar-refractivity contribution in [2.75, 3.05) is 18.1 Å². The summed E-state index contributed by atoms with van der Waals surface area (Å²) in [5.74, 6) is 2.77. The van der Waals surface area contributed by atoms with Crippen molar-refractivity contribution in [1.29, 1.82) is 0 Å². The van der Waals surface area contributed by atoms with Gasteiger partial charge in [-0.1, -0.05) is 0 Å². The van der Waals surface area contributed by atoms with Crippen LogP contribution >= 0.6 is 11.8 Å². The van der Waals surface area contributed by atoms with Gasteiger partial charge in [0.2, 0.25) is 0 Å². The number of thioether (sulfide) groups is 1. The average Bonchev–Trinajstić information content (AvgIpc) is 2.68. The highest BCUT2D eigenvalue weighted by Crippen LogP contribution is 2.18. The molecular weight excluding hydrogens is 238 g/mol. The van der Waals surface area contributed by atoms with E-state index in [0.29, 0.717) is 17.4 Å². The van der Waals surface area contributed by atoms with Crippen molar-refractivity contribution in [3.05, 3.63) is 12.0 Å². The van der Waals surface area contributed by atoms with Crippen LogP contribution in [0.25, 0.3) is 11.0 Å². The largest absolute Gasteiger partial charge is 0.396 e. The van der Waals surface area contributed by atoms with Gasteiger partial charge in [-0.25, -0.2) is 9.97 Å². The zero-order valence-corrected chi connectivity index (χ0v) is 10.4. The third kappa shape index (κ3) is 2.67. The highest BCUT2D eigenvalue weighted by atomic mass is 32.2. The monoisotopic (exact) mass is 253 g/mol. The van der Waals surface area contributed by atoms with Crippen LogP contribution in [0.5, 0.6) is 0 Å². The van der Waals surface area contributed by atoms with Crippen molar-refractivity contribution in [2.24, 2.45) is 7.05 Å². The van der Waals surface area contributed by atoms with E-state index >= 15 is 0 Å². The summed E-state index contributed by atoms with van der Waals surface area (Å²) < 4.78 is 1.69. The molecule has 0 aliphatic heterocycles. The molecule has 0 aliphatic rings. The molecule has 2 rings (SSSR count). The van der Waals surface area contributed by atoms with E-state index in [9.17, 15) is 0 Å². The summed E-state index contributed by atoms with van der Waals surface area (Å²) in [6.45, 7) is 0.219. The van der Waals surface area contributed by atoms with Gasteiger partial charge in [-0.15, -0.1) is 0 Å². The summed E-state index contributed by atoms with van der Waals surface area (Å²) in [5.41, 5.74) is 6.61. The third-order valence-electron chi connectivity index (χ3n) is 2.35. The second-order valence-corrected chi connectivity index (χ2v) is 4.77. The van der Waals surface area contributed by atoms with Gasteiger partial charge in [0.05, 0.1) is 17.3 Å². The number of aliphatic hydroxyl groups is 1. The molecule has 2 heterocycles. The zero-order chi connectivity index (χ0) is 12.3. The number of fused-ring (bicyclic) bond motifs is 1. The SMILES string of the molecule is Cn1ncc2c(N)nc(CSCCCO)nc21. The van der Waals surface area contributed by atoms with Crippen molar-refractivity contribution >= 4 is 28.6 Å². The molecule has 0 bridgehead atoms. The number of aliphatic hydroxyl groups excluding tert-OH is 1. The first-order valence-corrected chi connectivity index (χ1v) is 6.50. The molecule has 0 aliphatic carbocycles. The molecule has 92 valence electrons. The lowest BCUT2D eigenvalue weighted by Crippen LogP contribution is -2.02. The molecule has 0 atom stereocenters. The Kier molecular flexibility index (Phi) is 3.80. The fourth-order valence-corrected chi connectivity index (χ4v) is 2.27. The minimum atomic E-state index is 0.219. The van der Waals surface area contributed by atoms with E-state index in [4.69, 9.17) is 10.8 Å². The summed E-state index contributed by atoms with van der Waals surface area (Å²) in [7, 11) is 1.83. The summed E-state index contributed by atoms with van der Waals surface area (Å²) in [6.07, 6.45) is 2.46. The highest BCUT2D eigenvalue weighted by Gasteiger charge is 2.08. The van der Waals surface area contributed by atoms with Crippen molar-refractivity contribution < 1.29 is 5.11 Å². The van der Waals surface area contributed by atoms with Gasteiger partial charge < -0.3 is 10.8 Å². The Balaban J connectivity index is 2.15. The Morgan fingerprint density at radius 1 is 1.47 bits per heavy atom. The van der Waals surface area contributed by atoms with Crippen LogP contribution < -0.4 is 5.73 Å². The van der Waals surface area contributed by atoms with E-state index in [0.717, 1.165) is 23.2 Å². The van der Waals surface area contributed by atoms with Gasteiger partial charge in [0.15, 0.2) is 5.65 Å². The molecular formula is C10H15N5OS. The van der Waals surface area contributed by atoms with Gasteiger partial charge in [0, 0.05) is 13.7 Å². The lowest BCUT2D eigenvalue weighted by atomic mass is 10.4. The minimum Gasteiger partial charge on any atom is -0.396 e. The Morgan fingerprint density at radius 3 is 3.06 bits per heavy atom. The number of rotatable bonds is 5. The summed E-state index contributed by atoms with van der Waals surface area (Å²) >= 11 is 1.69. The van der Waals surface area contributed by atoms with Crippen LogP contribution in [0, 0.1) is 0 Å². The normalized spacial score (nSPS) is 11.2. The quantitative estimate of drug-likeness (QED) is 0.757. The second kappa shape index (κ2) is 5.33. The molecule has 2 aromatic rings. The molecule has 0 fully saturated rings. The van der Waals surface area contributed by atoms with Gasteiger partial charge in [0.25, 0.3) is 0 Å². The number of nitrogens with two attached hydrogens (primary N) is 1. The molecule has 3 N–H and O–H groups in total. The van der Waals surface area contributed by atoms with Crippen LogP contribution in [0.3, 0.4) is 0 Å². The number of aryl methyl sites for hydroxylation is 1. The summed E-state index contributed by atoms with van der Waals surface area (Å²) in [6, 6.07) is 0. The molecule has 0 amide bonds. The fraction of sp³-hybridized carbons (Fsp3) is 0.500. The molecule has 0 aromatic carbocycles. The summed E-state index contributed by atoms with van der Waals surface area (Å²) in [4.78, 5) is 8.66. The molecule has 0 saturated heterocycles. The molecule has 0 unspecified atom stereocenters. The predicted octanol–water partition coefficient (Wildman–Crippen LogP) is 0.561. The van der Waals surface area contributed by atoms with Crippen LogP contribution in [-0.4, -0.2) is 37.2 Å². The van der Waals surface area contributed by atoms with E-state index < -0.39 is 0 Å². The topological polar surface area (TPSA) is 89.9 Å². The maximum Gasteiger partial charge on any atom is 0.163 e. The van der Waals surface area contributed by atoms with Crippen LogP contribution in [0.2, 0.25) is 0 Å². The van der Waals surface area contributed by atoms with Gasteiger partial charge in [-0.2, -0.15) is 16.9 Å². The number of nitrogen functional groups attached to an aromatic ring is 1. The van der Waals surface area contributed by atoms with Gasteiger partial charge in [-0.05, 0) is 12.2 Å². The van der Waals surface area contributed by atoms with Crippen LogP contribution in [0.15, 0.2) is 6.20 Å². The maximum absolute atomic E-state index is 8.68. The van der Waals surface area contributed by atoms with Crippen LogP contribution in [0.1, 0.15) is 12.2 Å². The predicted molar refractivity (Wildman–Crippen MR) is 68.6 cm³/mol. The Labute approximate surface area is 103 Å². The van der Waals surface area contributed by atoms with E-state index in [2.05, 4.69) is 15.1 Å². The first-order chi connectivity index (χ1) is 8.22. The minimum absolute atomic E-state index is 0.219. The molecule has 17 heavy (non-hydrogen) atoms. The molecule has 0 spiro atoms. The lowest BCUT2D eigenvalue weighted by Gasteiger charge is -2.03. The van der Waals surface area contributed by atoms with Crippen molar-refractivity contribution in [3.8, 4) is 0 Å². The first-order valence-electron chi connectivity index (χ1n) is 5.35. The Bertz CT molecular complexity index is 513. The number of anilines is 1. The van der Waals surface area contributed by atoms with Gasteiger partial charge >= 0.3 is 0 Å².